The fourth-order valence-corrected chi connectivity index (χ4v) is 3.28. The van der Waals surface area contributed by atoms with E-state index in [0.717, 1.165) is 17.0 Å². The van der Waals surface area contributed by atoms with Crippen molar-refractivity contribution in [2.24, 2.45) is 0 Å². The van der Waals surface area contributed by atoms with Gasteiger partial charge >= 0.3 is 0 Å². The van der Waals surface area contributed by atoms with Gasteiger partial charge in [0.25, 0.3) is 11.8 Å². The van der Waals surface area contributed by atoms with Crippen LogP contribution in [0.2, 0.25) is 0 Å². The van der Waals surface area contributed by atoms with Gasteiger partial charge in [0, 0.05) is 25.9 Å². The van der Waals surface area contributed by atoms with Crippen LogP contribution in [0.3, 0.4) is 0 Å². The van der Waals surface area contributed by atoms with E-state index in [1.54, 1.807) is 7.11 Å². The Morgan fingerprint density at radius 2 is 1.79 bits per heavy atom. The number of hydrogen-bond donors (Lipinski definition) is 1. The Morgan fingerprint density at radius 1 is 1.03 bits per heavy atom. The van der Waals surface area contributed by atoms with Crippen molar-refractivity contribution in [1.29, 1.82) is 0 Å². The molecule has 0 atom stereocenters. The average Bonchev–Trinajstić information content (AvgIpc) is 2.93. The van der Waals surface area contributed by atoms with Gasteiger partial charge in [-0.3, -0.25) is 14.5 Å². The maximum Gasteiger partial charge on any atom is 0.278 e. The number of ether oxygens (including phenoxy) is 2. The van der Waals surface area contributed by atoms with Crippen LogP contribution in [0.4, 0.5) is 5.69 Å². The molecule has 2 amide bonds. The lowest BCUT2D eigenvalue weighted by Gasteiger charge is -2.15. The summed E-state index contributed by atoms with van der Waals surface area (Å²) in [7, 11) is 1.60. The molecule has 0 aromatic heterocycles. The van der Waals surface area contributed by atoms with Crippen LogP contribution in [0.15, 0.2) is 54.2 Å². The number of amides is 2. The van der Waals surface area contributed by atoms with Gasteiger partial charge in [-0.25, -0.2) is 0 Å². The van der Waals surface area contributed by atoms with Crippen LogP contribution in [0.25, 0.3) is 5.57 Å². The molecular weight excluding hydrogens is 368 g/mol. The molecule has 0 bridgehead atoms. The number of anilines is 1. The molecule has 2 aromatic carbocycles. The van der Waals surface area contributed by atoms with E-state index in [0.29, 0.717) is 43.0 Å². The number of carbonyl (C=O) groups is 2. The zero-order valence-electron chi connectivity index (χ0n) is 17.0. The molecule has 3 rings (SSSR count). The van der Waals surface area contributed by atoms with Gasteiger partial charge in [-0.05, 0) is 55.7 Å². The fourth-order valence-electron chi connectivity index (χ4n) is 3.28. The highest BCUT2D eigenvalue weighted by atomic mass is 16.5. The average molecular weight is 394 g/mol. The highest BCUT2D eigenvalue weighted by molar-refractivity contribution is 6.36. The van der Waals surface area contributed by atoms with Gasteiger partial charge in [-0.15, -0.1) is 0 Å². The number of methoxy groups -OCH3 is 1. The van der Waals surface area contributed by atoms with E-state index < -0.39 is 0 Å². The molecule has 1 heterocycles. The predicted octanol–water partition coefficient (Wildman–Crippen LogP) is 3.62. The van der Waals surface area contributed by atoms with Crippen molar-refractivity contribution < 1.29 is 19.1 Å². The Bertz CT molecular complexity index is 919. The van der Waals surface area contributed by atoms with E-state index in [4.69, 9.17) is 9.47 Å². The Kier molecular flexibility index (Phi) is 6.67. The minimum Gasteiger partial charge on any atom is -0.494 e. The zero-order chi connectivity index (χ0) is 20.8. The molecule has 0 saturated heterocycles. The van der Waals surface area contributed by atoms with Crippen molar-refractivity contribution in [2.75, 3.05) is 32.2 Å². The van der Waals surface area contributed by atoms with Gasteiger partial charge in [-0.2, -0.15) is 0 Å². The van der Waals surface area contributed by atoms with E-state index in [1.807, 2.05) is 62.4 Å². The molecule has 2 aromatic rings. The third kappa shape index (κ3) is 4.66. The van der Waals surface area contributed by atoms with Gasteiger partial charge in [0.05, 0.1) is 12.2 Å². The molecule has 0 saturated carbocycles. The second-order valence-corrected chi connectivity index (χ2v) is 6.81. The molecule has 1 N–H and O–H groups in total. The number of imide groups is 1. The molecule has 0 unspecified atom stereocenters. The van der Waals surface area contributed by atoms with Crippen molar-refractivity contribution in [3.8, 4) is 5.75 Å². The first-order chi connectivity index (χ1) is 14.0. The summed E-state index contributed by atoms with van der Waals surface area (Å²) in [4.78, 5) is 27.5. The number of nitrogens with zero attached hydrogens (tertiary/aromatic N) is 1. The third-order valence-electron chi connectivity index (χ3n) is 4.64. The van der Waals surface area contributed by atoms with Crippen LogP contribution in [-0.2, 0) is 14.3 Å². The molecule has 0 radical (unpaired) electrons. The first-order valence-electron chi connectivity index (χ1n) is 9.71. The van der Waals surface area contributed by atoms with E-state index >= 15 is 0 Å². The molecule has 1 aliphatic rings. The maximum atomic E-state index is 13.1. The van der Waals surface area contributed by atoms with E-state index in [9.17, 15) is 9.59 Å². The largest absolute Gasteiger partial charge is 0.494 e. The normalized spacial score (nSPS) is 14.0. The van der Waals surface area contributed by atoms with Gasteiger partial charge in [-0.1, -0.05) is 24.3 Å². The number of benzene rings is 2. The minimum atomic E-state index is -0.323. The number of nitrogens with one attached hydrogen (secondary N) is 1. The summed E-state index contributed by atoms with van der Waals surface area (Å²) < 4.78 is 10.5. The SMILES string of the molecule is CCOc1ccc(C2=C(Nc3cccc(C)c3)C(=O)N(CCCOC)C2=O)cc1. The Morgan fingerprint density at radius 3 is 2.45 bits per heavy atom. The summed E-state index contributed by atoms with van der Waals surface area (Å²) in [6, 6.07) is 14.9. The van der Waals surface area contributed by atoms with Gasteiger partial charge in [0.2, 0.25) is 0 Å². The van der Waals surface area contributed by atoms with Crippen LogP contribution in [0.1, 0.15) is 24.5 Å². The standard InChI is InChI=1S/C23H26N2O4/c1-4-29-19-11-9-17(10-12-19)20-21(24-18-8-5-7-16(2)15-18)23(27)25(22(20)26)13-6-14-28-3/h5,7-12,15,24H,4,6,13-14H2,1-3H3. The number of hydrogen-bond acceptors (Lipinski definition) is 5. The van der Waals surface area contributed by atoms with E-state index in [1.165, 1.54) is 4.90 Å². The van der Waals surface area contributed by atoms with Crippen molar-refractivity contribution in [3.63, 3.8) is 0 Å². The van der Waals surface area contributed by atoms with Crippen LogP contribution >= 0.6 is 0 Å². The Balaban J connectivity index is 1.97. The van der Waals surface area contributed by atoms with Gasteiger partial charge in [0.15, 0.2) is 0 Å². The molecule has 0 fully saturated rings. The molecule has 0 spiro atoms. The van der Waals surface area contributed by atoms with Crippen LogP contribution in [0.5, 0.6) is 5.75 Å². The third-order valence-corrected chi connectivity index (χ3v) is 4.64. The number of rotatable bonds is 9. The minimum absolute atomic E-state index is 0.294. The number of aryl methyl sites for hydroxylation is 1. The maximum absolute atomic E-state index is 13.1. The summed E-state index contributed by atoms with van der Waals surface area (Å²) in [5, 5.41) is 3.18. The Hall–Kier alpha value is -3.12. The summed E-state index contributed by atoms with van der Waals surface area (Å²) in [5.74, 6) is 0.0978. The van der Waals surface area contributed by atoms with Crippen molar-refractivity contribution >= 4 is 23.1 Å². The van der Waals surface area contributed by atoms with E-state index in [2.05, 4.69) is 5.32 Å². The fraction of sp³-hybridized carbons (Fsp3) is 0.304. The lowest BCUT2D eigenvalue weighted by Crippen LogP contribution is -2.33. The smallest absolute Gasteiger partial charge is 0.278 e. The summed E-state index contributed by atoms with van der Waals surface area (Å²) >= 11 is 0. The quantitative estimate of drug-likeness (QED) is 0.520. The molecular formula is C23H26N2O4. The molecule has 6 heteroatoms. The summed E-state index contributed by atoms with van der Waals surface area (Å²) in [6.07, 6.45) is 0.586. The Labute approximate surface area is 171 Å². The summed E-state index contributed by atoms with van der Waals surface area (Å²) in [5.41, 5.74) is 3.17. The first kappa shape index (κ1) is 20.6. The van der Waals surface area contributed by atoms with Crippen LogP contribution in [0, 0.1) is 6.92 Å². The lowest BCUT2D eigenvalue weighted by atomic mass is 10.0. The van der Waals surface area contributed by atoms with Crippen molar-refractivity contribution in [2.45, 2.75) is 20.3 Å². The zero-order valence-corrected chi connectivity index (χ0v) is 17.0. The molecule has 6 nitrogen and oxygen atoms in total. The highest BCUT2D eigenvalue weighted by Crippen LogP contribution is 2.31. The molecule has 0 aliphatic carbocycles. The lowest BCUT2D eigenvalue weighted by molar-refractivity contribution is -0.136. The second-order valence-electron chi connectivity index (χ2n) is 6.81. The first-order valence-corrected chi connectivity index (χ1v) is 9.71. The van der Waals surface area contributed by atoms with E-state index in [-0.39, 0.29) is 11.8 Å². The van der Waals surface area contributed by atoms with Crippen LogP contribution < -0.4 is 10.1 Å². The molecule has 29 heavy (non-hydrogen) atoms. The summed E-state index contributed by atoms with van der Waals surface area (Å²) in [6.45, 7) is 5.25. The number of carbonyl (C=O) groups excluding carboxylic acids is 2. The van der Waals surface area contributed by atoms with Crippen molar-refractivity contribution in [1.82, 2.24) is 4.90 Å². The second kappa shape index (κ2) is 9.39. The van der Waals surface area contributed by atoms with Crippen molar-refractivity contribution in [3.05, 3.63) is 65.4 Å². The predicted molar refractivity (Wildman–Crippen MR) is 113 cm³/mol. The topological polar surface area (TPSA) is 67.9 Å². The monoisotopic (exact) mass is 394 g/mol. The molecule has 152 valence electrons. The molecule has 1 aliphatic heterocycles. The van der Waals surface area contributed by atoms with Gasteiger partial charge < -0.3 is 14.8 Å². The van der Waals surface area contributed by atoms with Gasteiger partial charge in [0.1, 0.15) is 11.4 Å². The van der Waals surface area contributed by atoms with Crippen LogP contribution in [-0.4, -0.2) is 43.6 Å². The highest BCUT2D eigenvalue weighted by Gasteiger charge is 2.38.